The zero-order valence-corrected chi connectivity index (χ0v) is 10.5. The molecule has 0 unspecified atom stereocenters. The normalized spacial score (nSPS) is 10.2. The average Bonchev–Trinajstić information content (AvgIpc) is 2.04. The van der Waals surface area contributed by atoms with Crippen LogP contribution in [0.4, 0.5) is 0 Å². The average molecular weight is 248 g/mol. The zero-order valence-electron chi connectivity index (χ0n) is 8.60. The first-order chi connectivity index (χ1) is 6.58. The summed E-state index contributed by atoms with van der Waals surface area (Å²) in [6.45, 7) is 7.71. The van der Waals surface area contributed by atoms with Gasteiger partial charge in [-0.3, -0.25) is 4.57 Å². The van der Waals surface area contributed by atoms with Gasteiger partial charge in [-0.05, 0) is 20.8 Å². The molecule has 0 saturated heterocycles. The van der Waals surface area contributed by atoms with Crippen molar-refractivity contribution in [1.82, 2.24) is 0 Å². The summed E-state index contributed by atoms with van der Waals surface area (Å²) in [5, 5.41) is 0. The van der Waals surface area contributed by atoms with E-state index in [1.54, 1.807) is 0 Å². The first-order valence-corrected chi connectivity index (χ1v) is 6.58. The van der Waals surface area contributed by atoms with E-state index in [1.807, 2.05) is 20.8 Å². The van der Waals surface area contributed by atoms with Crippen LogP contribution >= 0.6 is 16.9 Å². The molecule has 0 rings (SSSR count). The molecule has 0 spiro atoms. The molecule has 0 radical (unpaired) electrons. The van der Waals surface area contributed by atoms with Crippen LogP contribution < -0.4 is 0 Å². The zero-order chi connectivity index (χ0) is 11.4. The second-order valence-electron chi connectivity index (χ2n) is 1.76. The lowest BCUT2D eigenvalue weighted by atomic mass is 10.9. The Kier molecular flexibility index (Phi) is 16.2. The van der Waals surface area contributed by atoms with E-state index in [0.717, 1.165) is 0 Å². The SMILES string of the molecule is CCOP(OCC)OCC.O=[PH](O)O. The Balaban J connectivity index is 0. The molecule has 0 aliphatic heterocycles. The molecule has 6 nitrogen and oxygen atoms in total. The highest BCUT2D eigenvalue weighted by molar-refractivity contribution is 7.41. The van der Waals surface area contributed by atoms with Crippen LogP contribution in [0.2, 0.25) is 0 Å². The Hall–Kier alpha value is 0.460. The summed E-state index contributed by atoms with van der Waals surface area (Å²) in [5.74, 6) is 0. The van der Waals surface area contributed by atoms with E-state index in [0.29, 0.717) is 19.8 Å². The Morgan fingerprint density at radius 1 is 1.00 bits per heavy atom. The highest BCUT2D eigenvalue weighted by atomic mass is 31.2. The fraction of sp³-hybridized carbons (Fsp3) is 1.00. The van der Waals surface area contributed by atoms with Crippen molar-refractivity contribution in [3.05, 3.63) is 0 Å². The molecule has 8 heteroatoms. The minimum atomic E-state index is -3.13. The monoisotopic (exact) mass is 248 g/mol. The number of hydrogen-bond acceptors (Lipinski definition) is 4. The highest BCUT2D eigenvalue weighted by Crippen LogP contribution is 2.38. The van der Waals surface area contributed by atoms with E-state index in [2.05, 4.69) is 0 Å². The molecule has 0 heterocycles. The fourth-order valence-corrected chi connectivity index (χ4v) is 1.28. The fourth-order valence-electron chi connectivity index (χ4n) is 0.428. The van der Waals surface area contributed by atoms with Crippen molar-refractivity contribution < 1.29 is 27.9 Å². The van der Waals surface area contributed by atoms with Gasteiger partial charge in [-0.1, -0.05) is 0 Å². The lowest BCUT2D eigenvalue weighted by Crippen LogP contribution is -1.94. The molecule has 0 bridgehead atoms. The van der Waals surface area contributed by atoms with Crippen LogP contribution in [0, 0.1) is 0 Å². The van der Waals surface area contributed by atoms with Gasteiger partial charge in [0.1, 0.15) is 0 Å². The smallest absolute Gasteiger partial charge is 0.326 e. The molecule has 88 valence electrons. The largest absolute Gasteiger partial charge is 0.332 e. The third kappa shape index (κ3) is 18.3. The molecule has 0 amide bonds. The molecular formula is C6H18O6P2. The van der Waals surface area contributed by atoms with Gasteiger partial charge >= 0.3 is 16.9 Å². The minimum absolute atomic E-state index is 0.645. The molecule has 2 N–H and O–H groups in total. The van der Waals surface area contributed by atoms with Crippen LogP contribution in [0.15, 0.2) is 0 Å². The number of rotatable bonds is 6. The molecule has 0 atom stereocenters. The van der Waals surface area contributed by atoms with E-state index in [-0.39, 0.29) is 0 Å². The predicted molar refractivity (Wildman–Crippen MR) is 55.2 cm³/mol. The molecule has 0 aromatic heterocycles. The van der Waals surface area contributed by atoms with E-state index in [9.17, 15) is 0 Å². The van der Waals surface area contributed by atoms with Crippen LogP contribution in [0.5, 0.6) is 0 Å². The predicted octanol–water partition coefficient (Wildman–Crippen LogP) is 1.68. The van der Waals surface area contributed by atoms with Crippen molar-refractivity contribution in [3.63, 3.8) is 0 Å². The van der Waals surface area contributed by atoms with E-state index >= 15 is 0 Å². The first-order valence-electron chi connectivity index (χ1n) is 4.19. The van der Waals surface area contributed by atoms with Gasteiger partial charge in [-0.25, -0.2) is 0 Å². The summed E-state index contributed by atoms with van der Waals surface area (Å²) in [6, 6.07) is 0. The van der Waals surface area contributed by atoms with Crippen molar-refractivity contribution in [2.45, 2.75) is 20.8 Å². The topological polar surface area (TPSA) is 85.2 Å². The number of hydrogen-bond donors (Lipinski definition) is 2. The summed E-state index contributed by atoms with van der Waals surface area (Å²) in [6.07, 6.45) is 0. The van der Waals surface area contributed by atoms with Gasteiger partial charge in [0.05, 0.1) is 19.8 Å². The van der Waals surface area contributed by atoms with Crippen LogP contribution in [-0.2, 0) is 18.1 Å². The lowest BCUT2D eigenvalue weighted by molar-refractivity contribution is 0.176. The second kappa shape index (κ2) is 13.5. The van der Waals surface area contributed by atoms with Crippen molar-refractivity contribution in [3.8, 4) is 0 Å². The van der Waals surface area contributed by atoms with Crippen LogP contribution in [0.3, 0.4) is 0 Å². The molecule has 0 aromatic rings. The maximum absolute atomic E-state index is 8.74. The molecule has 0 fully saturated rings. The molecule has 0 saturated carbocycles. The van der Waals surface area contributed by atoms with Crippen LogP contribution in [0.1, 0.15) is 20.8 Å². The van der Waals surface area contributed by atoms with Gasteiger partial charge in [-0.2, -0.15) is 0 Å². The molecule has 0 aliphatic rings. The van der Waals surface area contributed by atoms with Crippen LogP contribution in [0.25, 0.3) is 0 Å². The van der Waals surface area contributed by atoms with E-state index in [1.165, 1.54) is 0 Å². The first kappa shape index (κ1) is 16.9. The highest BCUT2D eigenvalue weighted by Gasteiger charge is 2.07. The van der Waals surface area contributed by atoms with Crippen molar-refractivity contribution in [1.29, 1.82) is 0 Å². The Morgan fingerprint density at radius 2 is 1.21 bits per heavy atom. The summed E-state index contributed by atoms with van der Waals surface area (Å²) < 4.78 is 24.2. The molecular weight excluding hydrogens is 230 g/mol. The van der Waals surface area contributed by atoms with Gasteiger partial charge in [0.2, 0.25) is 0 Å². The van der Waals surface area contributed by atoms with Crippen molar-refractivity contribution in [2.24, 2.45) is 0 Å². The van der Waals surface area contributed by atoms with Gasteiger partial charge in [0.25, 0.3) is 0 Å². The Morgan fingerprint density at radius 3 is 1.36 bits per heavy atom. The van der Waals surface area contributed by atoms with Crippen LogP contribution in [-0.4, -0.2) is 29.6 Å². The Bertz CT molecular complexity index is 115. The van der Waals surface area contributed by atoms with E-state index in [4.69, 9.17) is 27.9 Å². The molecule has 0 aromatic carbocycles. The summed E-state index contributed by atoms with van der Waals surface area (Å²) in [7, 11) is -4.19. The quantitative estimate of drug-likeness (QED) is 0.695. The maximum atomic E-state index is 8.74. The standard InChI is InChI=1S/C6H15O3P.H3O3P/c1-4-7-10(8-5-2)9-6-3;1-4(2)3/h4-6H2,1-3H3;4H,(H2,1,2,3). The second-order valence-corrected chi connectivity index (χ2v) is 3.55. The van der Waals surface area contributed by atoms with Gasteiger partial charge in [-0.15, -0.1) is 0 Å². The van der Waals surface area contributed by atoms with Gasteiger partial charge < -0.3 is 23.4 Å². The van der Waals surface area contributed by atoms with Crippen molar-refractivity contribution in [2.75, 3.05) is 19.8 Å². The Labute approximate surface area is 86.1 Å². The third-order valence-electron chi connectivity index (χ3n) is 0.704. The third-order valence-corrected chi connectivity index (χ3v) is 2.11. The summed E-state index contributed by atoms with van der Waals surface area (Å²) in [5.41, 5.74) is 0. The summed E-state index contributed by atoms with van der Waals surface area (Å²) >= 11 is 0. The van der Waals surface area contributed by atoms with Crippen molar-refractivity contribution >= 4 is 16.9 Å². The van der Waals surface area contributed by atoms with Gasteiger partial charge in [0.15, 0.2) is 0 Å². The minimum Gasteiger partial charge on any atom is -0.326 e. The van der Waals surface area contributed by atoms with E-state index < -0.39 is 16.9 Å². The summed E-state index contributed by atoms with van der Waals surface area (Å²) in [4.78, 5) is 14.3. The lowest BCUT2D eigenvalue weighted by Gasteiger charge is -2.12. The maximum Gasteiger partial charge on any atom is 0.332 e. The molecule has 0 aliphatic carbocycles. The molecule has 14 heavy (non-hydrogen) atoms. The van der Waals surface area contributed by atoms with Gasteiger partial charge in [0, 0.05) is 0 Å².